The molecule has 13 heteroatoms. The number of amides is 1. The molecule has 2 aliphatic heterocycles. The molecule has 2 fully saturated rings. The molecule has 1 aromatic carbocycles. The Morgan fingerprint density at radius 3 is 2.42 bits per heavy atom. The number of halogens is 3. The number of alkyl halides is 3. The Kier molecular flexibility index (Phi) is 7.87. The summed E-state index contributed by atoms with van der Waals surface area (Å²) in [4.78, 5) is 17.8. The second-order valence-corrected chi connectivity index (χ2v) is 10.6. The molecule has 2 aliphatic rings. The summed E-state index contributed by atoms with van der Waals surface area (Å²) in [5.74, 6) is 0.0309. The van der Waals surface area contributed by atoms with Gasteiger partial charge in [-0.25, -0.2) is 0 Å². The number of anilines is 1. The lowest BCUT2D eigenvalue weighted by molar-refractivity contribution is -0.146. The minimum atomic E-state index is -4.66. The Morgan fingerprint density at radius 1 is 1.02 bits per heavy atom. The van der Waals surface area contributed by atoms with Crippen LogP contribution in [0.4, 0.5) is 19.0 Å². The molecular weight excluding hydrogens is 527 g/mol. The van der Waals surface area contributed by atoms with Crippen LogP contribution in [0.5, 0.6) is 5.75 Å². The number of carbonyl (C=O) groups excluding carboxylic acids is 1. The lowest BCUT2D eigenvalue weighted by atomic mass is 9.84. The van der Waals surface area contributed by atoms with E-state index in [4.69, 9.17) is 4.74 Å². The molecule has 0 bridgehead atoms. The van der Waals surface area contributed by atoms with Crippen molar-refractivity contribution in [3.63, 3.8) is 0 Å². The molecule has 1 unspecified atom stereocenters. The molecule has 1 N–H and O–H groups in total. The molecular formula is C27H34F3N7O3. The molecule has 5 rings (SSSR count). The van der Waals surface area contributed by atoms with Crippen molar-refractivity contribution < 1.29 is 27.8 Å². The highest BCUT2D eigenvalue weighted by atomic mass is 19.4. The Morgan fingerprint density at radius 2 is 1.75 bits per heavy atom. The third-order valence-corrected chi connectivity index (χ3v) is 7.90. The maximum atomic E-state index is 13.2. The fraction of sp³-hybridized carbons (Fsp3) is 0.556. The number of rotatable bonds is 6. The van der Waals surface area contributed by atoms with Gasteiger partial charge in [-0.3, -0.25) is 9.69 Å². The Hall–Kier alpha value is -3.45. The fourth-order valence-electron chi connectivity index (χ4n) is 5.40. The van der Waals surface area contributed by atoms with Crippen molar-refractivity contribution >= 4 is 17.4 Å². The topological polar surface area (TPSA) is 99.3 Å². The fourth-order valence-corrected chi connectivity index (χ4v) is 5.40. The molecule has 0 spiro atoms. The van der Waals surface area contributed by atoms with Crippen molar-refractivity contribution in [2.45, 2.75) is 50.9 Å². The first-order valence-electron chi connectivity index (χ1n) is 13.5. The molecule has 2 saturated heterocycles. The smallest absolute Gasteiger partial charge is 0.453 e. The van der Waals surface area contributed by atoms with Crippen molar-refractivity contribution in [3.8, 4) is 5.75 Å². The molecule has 0 aliphatic carbocycles. The summed E-state index contributed by atoms with van der Waals surface area (Å²) in [5.41, 5.74) is -0.271. The second-order valence-electron chi connectivity index (χ2n) is 10.6. The number of ether oxygens (including phenoxy) is 1. The van der Waals surface area contributed by atoms with Crippen molar-refractivity contribution in [2.75, 3.05) is 50.8 Å². The van der Waals surface area contributed by atoms with Gasteiger partial charge in [-0.2, -0.15) is 17.7 Å². The SMILES string of the molecule is CC(=O)N1CCCN(C(C)COc2ccc(C3(O)CCN(c4ccc5nnc(C(F)(F)F)n5n4)CC3)cc2)CC1. The average Bonchev–Trinajstić information content (AvgIpc) is 3.21. The highest BCUT2D eigenvalue weighted by Gasteiger charge is 2.38. The highest BCUT2D eigenvalue weighted by molar-refractivity contribution is 5.73. The van der Waals surface area contributed by atoms with Gasteiger partial charge in [0.05, 0.1) is 5.60 Å². The van der Waals surface area contributed by atoms with E-state index in [1.807, 2.05) is 34.1 Å². The van der Waals surface area contributed by atoms with Crippen LogP contribution in [0.1, 0.15) is 44.5 Å². The van der Waals surface area contributed by atoms with Crippen LogP contribution in [0, 0.1) is 0 Å². The van der Waals surface area contributed by atoms with E-state index in [-0.39, 0.29) is 17.6 Å². The largest absolute Gasteiger partial charge is 0.492 e. The predicted molar refractivity (Wildman–Crippen MR) is 141 cm³/mol. The van der Waals surface area contributed by atoms with Gasteiger partial charge >= 0.3 is 6.18 Å². The van der Waals surface area contributed by atoms with Gasteiger partial charge < -0.3 is 19.6 Å². The number of aromatic nitrogens is 4. The van der Waals surface area contributed by atoms with Crippen molar-refractivity contribution in [3.05, 3.63) is 47.8 Å². The third-order valence-electron chi connectivity index (χ3n) is 7.90. The van der Waals surface area contributed by atoms with Crippen molar-refractivity contribution in [1.29, 1.82) is 0 Å². The number of carbonyl (C=O) groups is 1. The van der Waals surface area contributed by atoms with Crippen LogP contribution in [0.2, 0.25) is 0 Å². The lowest BCUT2D eigenvalue weighted by Crippen LogP contribution is -2.43. The minimum Gasteiger partial charge on any atom is -0.492 e. The maximum Gasteiger partial charge on any atom is 0.453 e. The molecule has 40 heavy (non-hydrogen) atoms. The average molecular weight is 562 g/mol. The van der Waals surface area contributed by atoms with E-state index in [9.17, 15) is 23.1 Å². The maximum absolute atomic E-state index is 13.2. The van der Waals surface area contributed by atoms with Gasteiger partial charge in [0.2, 0.25) is 5.91 Å². The molecule has 2 aromatic heterocycles. The molecule has 216 valence electrons. The molecule has 1 atom stereocenters. The molecule has 1 amide bonds. The van der Waals surface area contributed by atoms with Gasteiger partial charge in [0.1, 0.15) is 18.2 Å². The number of piperidine rings is 1. The van der Waals surface area contributed by atoms with E-state index in [0.717, 1.165) is 38.2 Å². The first kappa shape index (κ1) is 28.1. The zero-order valence-electron chi connectivity index (χ0n) is 22.6. The van der Waals surface area contributed by atoms with Crippen LogP contribution in [0.25, 0.3) is 5.65 Å². The Bertz CT molecular complexity index is 1320. The Balaban J connectivity index is 1.16. The van der Waals surface area contributed by atoms with Crippen LogP contribution in [0.3, 0.4) is 0 Å². The summed E-state index contributed by atoms with van der Waals surface area (Å²) in [6.45, 7) is 8.34. The summed E-state index contributed by atoms with van der Waals surface area (Å²) in [7, 11) is 0. The van der Waals surface area contributed by atoms with E-state index in [1.165, 1.54) is 6.07 Å². The quantitative estimate of drug-likeness (QED) is 0.491. The number of nitrogens with zero attached hydrogens (tertiary/aromatic N) is 7. The normalized spacial score (nSPS) is 19.4. The van der Waals surface area contributed by atoms with Crippen molar-refractivity contribution in [2.24, 2.45) is 0 Å². The lowest BCUT2D eigenvalue weighted by Gasteiger charge is -2.39. The third kappa shape index (κ3) is 5.99. The van der Waals surface area contributed by atoms with Crippen LogP contribution in [0.15, 0.2) is 36.4 Å². The van der Waals surface area contributed by atoms with Crippen molar-refractivity contribution in [1.82, 2.24) is 29.6 Å². The van der Waals surface area contributed by atoms with E-state index >= 15 is 0 Å². The summed E-state index contributed by atoms with van der Waals surface area (Å²) >= 11 is 0. The monoisotopic (exact) mass is 561 g/mol. The van der Waals surface area contributed by atoms with Gasteiger partial charge in [-0.15, -0.1) is 15.3 Å². The predicted octanol–water partition coefficient (Wildman–Crippen LogP) is 2.95. The second kappa shape index (κ2) is 11.2. The van der Waals surface area contributed by atoms with Crippen LogP contribution < -0.4 is 9.64 Å². The summed E-state index contributed by atoms with van der Waals surface area (Å²) < 4.78 is 46.5. The van der Waals surface area contributed by atoms with Crippen LogP contribution in [-0.2, 0) is 16.6 Å². The van der Waals surface area contributed by atoms with Gasteiger partial charge in [-0.1, -0.05) is 12.1 Å². The van der Waals surface area contributed by atoms with E-state index < -0.39 is 17.6 Å². The minimum absolute atomic E-state index is 0.0207. The summed E-state index contributed by atoms with van der Waals surface area (Å²) in [6, 6.07) is 10.7. The number of hydrogen-bond acceptors (Lipinski definition) is 8. The molecule has 4 heterocycles. The highest BCUT2D eigenvalue weighted by Crippen LogP contribution is 2.35. The van der Waals surface area contributed by atoms with Gasteiger partial charge in [0.15, 0.2) is 5.65 Å². The van der Waals surface area contributed by atoms with Gasteiger partial charge in [0.25, 0.3) is 5.82 Å². The summed E-state index contributed by atoms with van der Waals surface area (Å²) in [6.07, 6.45) is -2.93. The summed E-state index contributed by atoms with van der Waals surface area (Å²) in [5, 5.41) is 22.3. The number of hydrogen-bond donors (Lipinski definition) is 1. The Labute approximate surface area is 230 Å². The molecule has 0 saturated carbocycles. The number of fused-ring (bicyclic) bond motifs is 1. The molecule has 10 nitrogen and oxygen atoms in total. The van der Waals surface area contributed by atoms with E-state index in [0.29, 0.717) is 48.6 Å². The zero-order chi connectivity index (χ0) is 28.5. The first-order chi connectivity index (χ1) is 19.0. The molecule has 0 radical (unpaired) electrons. The number of benzene rings is 1. The van der Waals surface area contributed by atoms with Gasteiger partial charge in [-0.05, 0) is 56.0 Å². The standard InChI is InChI=1S/C27H34F3N7O3/c1-19(34-12-3-13-35(17-16-34)20(2)38)18-40-22-6-4-21(5-7-22)26(39)10-14-36(15-11-26)24-9-8-23-31-32-25(27(28,29)30)37(23)33-24/h4-9,19,39H,3,10-18H2,1-2H3. The van der Waals surface area contributed by atoms with Gasteiger partial charge in [0, 0.05) is 52.2 Å². The van der Waals surface area contributed by atoms with E-state index in [2.05, 4.69) is 27.1 Å². The zero-order valence-corrected chi connectivity index (χ0v) is 22.6. The number of aliphatic hydroxyl groups is 1. The van der Waals surface area contributed by atoms with Crippen LogP contribution in [-0.4, -0.2) is 92.5 Å². The van der Waals surface area contributed by atoms with E-state index in [1.54, 1.807) is 13.0 Å². The van der Waals surface area contributed by atoms with Crippen LogP contribution >= 0.6 is 0 Å². The first-order valence-corrected chi connectivity index (χ1v) is 13.5. The molecule has 3 aromatic rings.